The van der Waals surface area contributed by atoms with Crippen LogP contribution < -0.4 is 21.6 Å². The van der Waals surface area contributed by atoms with Gasteiger partial charge in [0.1, 0.15) is 0 Å². The van der Waals surface area contributed by atoms with Gasteiger partial charge in [-0.15, -0.1) is 5.10 Å². The van der Waals surface area contributed by atoms with Gasteiger partial charge in [0.2, 0.25) is 11.6 Å². The third-order valence-corrected chi connectivity index (χ3v) is 5.37. The first-order valence-electron chi connectivity index (χ1n) is 10.4. The lowest BCUT2D eigenvalue weighted by Gasteiger charge is -2.23. The first-order valence-corrected chi connectivity index (χ1v) is 10.4. The van der Waals surface area contributed by atoms with E-state index in [-0.39, 0.29) is 11.6 Å². The highest BCUT2D eigenvalue weighted by atomic mass is 16.1. The molecular weight excluding hydrogens is 432 g/mol. The molecule has 0 unspecified atom stereocenters. The highest BCUT2D eigenvalue weighted by Gasteiger charge is 2.22. The number of rotatable bonds is 4. The van der Waals surface area contributed by atoms with Crippen molar-refractivity contribution in [1.82, 2.24) is 30.1 Å². The molecule has 0 spiro atoms. The highest BCUT2D eigenvalue weighted by Crippen LogP contribution is 2.27. The number of aromatic nitrogens is 6. The van der Waals surface area contributed by atoms with Crippen LogP contribution in [-0.2, 0) is 0 Å². The van der Waals surface area contributed by atoms with Crippen LogP contribution in [0.3, 0.4) is 0 Å². The summed E-state index contributed by atoms with van der Waals surface area (Å²) in [7, 11) is 0. The van der Waals surface area contributed by atoms with Gasteiger partial charge in [0, 0.05) is 10.8 Å². The Labute approximate surface area is 190 Å². The van der Waals surface area contributed by atoms with Crippen LogP contribution in [0.1, 0.15) is 0 Å². The second-order valence-electron chi connectivity index (χ2n) is 7.54. The summed E-state index contributed by atoms with van der Waals surface area (Å²) in [4.78, 5) is 40.6. The standard InChI is InChI=1S/C24H16N8O2/c33-23-20(26-16-9-3-5-11-18(16)28-23)31-32(21-15-8-2-1-7-14(15)13-25-30-21)22-24(34)29-19-12-6-4-10-17(19)27-22/h1-13H,(H,26,31)(H,28,33)(H,29,34). The molecule has 0 atom stereocenters. The Morgan fingerprint density at radius 1 is 0.706 bits per heavy atom. The Kier molecular flexibility index (Phi) is 4.48. The van der Waals surface area contributed by atoms with Gasteiger partial charge in [0.15, 0.2) is 5.82 Å². The minimum atomic E-state index is -0.474. The molecule has 0 fully saturated rings. The molecule has 0 saturated carbocycles. The molecule has 3 heterocycles. The van der Waals surface area contributed by atoms with Gasteiger partial charge < -0.3 is 9.97 Å². The van der Waals surface area contributed by atoms with Gasteiger partial charge >= 0.3 is 0 Å². The molecule has 3 aromatic carbocycles. The fourth-order valence-corrected chi connectivity index (χ4v) is 3.77. The van der Waals surface area contributed by atoms with Crippen molar-refractivity contribution < 1.29 is 0 Å². The lowest BCUT2D eigenvalue weighted by Crippen LogP contribution is -2.35. The maximum absolute atomic E-state index is 13.1. The summed E-state index contributed by atoms with van der Waals surface area (Å²) in [6.07, 6.45) is 1.62. The van der Waals surface area contributed by atoms with E-state index >= 15 is 0 Å². The molecule has 0 saturated heterocycles. The van der Waals surface area contributed by atoms with Crippen molar-refractivity contribution in [3.05, 3.63) is 99.7 Å². The Morgan fingerprint density at radius 2 is 1.35 bits per heavy atom. The quantitative estimate of drug-likeness (QED) is 0.350. The first-order chi connectivity index (χ1) is 16.7. The zero-order valence-corrected chi connectivity index (χ0v) is 17.6. The van der Waals surface area contributed by atoms with E-state index in [1.54, 1.807) is 30.5 Å². The number of hydrogen-bond donors (Lipinski definition) is 3. The number of hydrogen-bond acceptors (Lipinski definition) is 8. The number of nitrogens with one attached hydrogen (secondary N) is 3. The zero-order valence-electron chi connectivity index (χ0n) is 17.6. The van der Waals surface area contributed by atoms with Crippen molar-refractivity contribution in [3.63, 3.8) is 0 Å². The molecule has 0 amide bonds. The van der Waals surface area contributed by atoms with E-state index in [1.807, 2.05) is 48.5 Å². The van der Waals surface area contributed by atoms with E-state index in [2.05, 4.69) is 35.6 Å². The fourth-order valence-electron chi connectivity index (χ4n) is 3.77. The second kappa shape index (κ2) is 7.78. The van der Waals surface area contributed by atoms with Crippen LogP contribution in [-0.4, -0.2) is 30.1 Å². The van der Waals surface area contributed by atoms with E-state index in [0.29, 0.717) is 33.3 Å². The predicted molar refractivity (Wildman–Crippen MR) is 130 cm³/mol. The SMILES string of the molecule is O=c1[nH]c2ccccc2nc1NN(c1nc2ccccc2[nH]c1=O)c1nncc2ccccc12. The molecule has 3 N–H and O–H groups in total. The Balaban J connectivity index is 1.60. The number of fused-ring (bicyclic) bond motifs is 3. The molecule has 6 aromatic rings. The van der Waals surface area contributed by atoms with Gasteiger partial charge in [0.05, 0.1) is 28.3 Å². The molecule has 34 heavy (non-hydrogen) atoms. The Morgan fingerprint density at radius 3 is 2.15 bits per heavy atom. The molecule has 0 aliphatic rings. The maximum atomic E-state index is 13.1. The summed E-state index contributed by atoms with van der Waals surface area (Å²) >= 11 is 0. The first kappa shape index (κ1) is 19.6. The van der Waals surface area contributed by atoms with Crippen LogP contribution in [0.2, 0.25) is 0 Å². The highest BCUT2D eigenvalue weighted by molar-refractivity contribution is 5.93. The average molecular weight is 448 g/mol. The van der Waals surface area contributed by atoms with E-state index in [4.69, 9.17) is 0 Å². The van der Waals surface area contributed by atoms with Crippen molar-refractivity contribution in [2.75, 3.05) is 10.4 Å². The van der Waals surface area contributed by atoms with E-state index in [0.717, 1.165) is 5.39 Å². The average Bonchev–Trinajstić information content (AvgIpc) is 2.87. The monoisotopic (exact) mass is 448 g/mol. The largest absolute Gasteiger partial charge is 0.317 e. The van der Waals surface area contributed by atoms with Gasteiger partial charge in [-0.2, -0.15) is 5.10 Å². The summed E-state index contributed by atoms with van der Waals surface area (Å²) < 4.78 is 0. The third-order valence-electron chi connectivity index (χ3n) is 5.37. The van der Waals surface area contributed by atoms with Crippen LogP contribution in [0, 0.1) is 0 Å². The molecule has 0 radical (unpaired) electrons. The van der Waals surface area contributed by atoms with Crippen LogP contribution in [0.4, 0.5) is 17.5 Å². The lowest BCUT2D eigenvalue weighted by atomic mass is 10.2. The van der Waals surface area contributed by atoms with Crippen molar-refractivity contribution >= 4 is 50.3 Å². The minimum absolute atomic E-state index is 0.0151. The van der Waals surface area contributed by atoms with Gasteiger partial charge in [-0.25, -0.2) is 15.0 Å². The number of hydrazine groups is 1. The molecule has 10 heteroatoms. The van der Waals surface area contributed by atoms with Crippen LogP contribution in [0.25, 0.3) is 32.8 Å². The van der Waals surface area contributed by atoms with E-state index in [9.17, 15) is 9.59 Å². The van der Waals surface area contributed by atoms with E-state index in [1.165, 1.54) is 5.01 Å². The number of para-hydroxylation sites is 4. The maximum Gasteiger partial charge on any atom is 0.293 e. The number of aromatic amines is 2. The topological polar surface area (TPSA) is 133 Å². The zero-order chi connectivity index (χ0) is 23.1. The number of H-pyrrole nitrogens is 2. The Hall–Kier alpha value is -5.12. The number of nitrogens with zero attached hydrogens (tertiary/aromatic N) is 5. The summed E-state index contributed by atoms with van der Waals surface area (Å²) in [6.45, 7) is 0. The van der Waals surface area contributed by atoms with Gasteiger partial charge in [-0.3, -0.25) is 15.0 Å². The normalized spacial score (nSPS) is 11.2. The molecule has 0 aliphatic heterocycles. The number of benzene rings is 3. The molecule has 0 aliphatic carbocycles. The fraction of sp³-hybridized carbons (Fsp3) is 0. The van der Waals surface area contributed by atoms with Crippen molar-refractivity contribution in [2.24, 2.45) is 0 Å². The second-order valence-corrected chi connectivity index (χ2v) is 7.54. The number of anilines is 3. The third kappa shape index (κ3) is 3.30. The van der Waals surface area contributed by atoms with Gasteiger partial charge in [-0.05, 0) is 24.3 Å². The molecular formula is C24H16N8O2. The lowest BCUT2D eigenvalue weighted by molar-refractivity contribution is 0.963. The minimum Gasteiger partial charge on any atom is -0.317 e. The van der Waals surface area contributed by atoms with Crippen molar-refractivity contribution in [2.45, 2.75) is 0 Å². The smallest absolute Gasteiger partial charge is 0.293 e. The van der Waals surface area contributed by atoms with Gasteiger partial charge in [0.25, 0.3) is 11.1 Å². The van der Waals surface area contributed by atoms with Crippen LogP contribution in [0.5, 0.6) is 0 Å². The molecule has 164 valence electrons. The van der Waals surface area contributed by atoms with Crippen molar-refractivity contribution in [1.29, 1.82) is 0 Å². The van der Waals surface area contributed by atoms with Crippen molar-refractivity contribution in [3.8, 4) is 0 Å². The van der Waals surface area contributed by atoms with Gasteiger partial charge in [-0.1, -0.05) is 48.5 Å². The summed E-state index contributed by atoms with van der Waals surface area (Å²) in [5.41, 5.74) is 4.35. The molecule has 6 rings (SSSR count). The van der Waals surface area contributed by atoms with Crippen LogP contribution in [0.15, 0.2) is 88.6 Å². The molecule has 3 aromatic heterocycles. The Bertz CT molecular complexity index is 1810. The summed E-state index contributed by atoms with van der Waals surface area (Å²) in [5, 5.41) is 11.2. The molecule has 0 bridgehead atoms. The summed E-state index contributed by atoms with van der Waals surface area (Å²) in [6, 6.07) is 21.8. The molecule has 10 nitrogen and oxygen atoms in total. The summed E-state index contributed by atoms with van der Waals surface area (Å²) in [5.74, 6) is 0.252. The van der Waals surface area contributed by atoms with Crippen LogP contribution >= 0.6 is 0 Å². The van der Waals surface area contributed by atoms with E-state index < -0.39 is 11.1 Å². The predicted octanol–water partition coefficient (Wildman–Crippen LogP) is 3.27.